The van der Waals surface area contributed by atoms with Gasteiger partial charge in [-0.25, -0.2) is 0 Å². The Labute approximate surface area is 117 Å². The minimum atomic E-state index is -0.421. The van der Waals surface area contributed by atoms with Crippen molar-refractivity contribution in [3.63, 3.8) is 0 Å². The predicted octanol–water partition coefficient (Wildman–Crippen LogP) is 1.98. The topological polar surface area (TPSA) is 82.2 Å². The third-order valence-corrected chi connectivity index (χ3v) is 2.99. The summed E-state index contributed by atoms with van der Waals surface area (Å²) < 4.78 is 6.81. The van der Waals surface area contributed by atoms with E-state index in [1.165, 1.54) is 0 Å². The van der Waals surface area contributed by atoms with Crippen molar-refractivity contribution in [1.29, 1.82) is 0 Å². The fourth-order valence-electron chi connectivity index (χ4n) is 1.83. The molecule has 0 radical (unpaired) electrons. The molecule has 0 aliphatic rings. The zero-order valence-corrected chi connectivity index (χ0v) is 11.8. The van der Waals surface area contributed by atoms with Crippen molar-refractivity contribution in [2.75, 3.05) is 18.2 Å². The Kier molecular flexibility index (Phi) is 3.93. The zero-order chi connectivity index (χ0) is 14.7. The first-order valence-electron chi connectivity index (χ1n) is 6.26. The van der Waals surface area contributed by atoms with E-state index in [1.807, 2.05) is 13.1 Å². The van der Waals surface area contributed by atoms with E-state index in [0.29, 0.717) is 17.1 Å². The van der Waals surface area contributed by atoms with Crippen LogP contribution in [0.25, 0.3) is 0 Å². The highest BCUT2D eigenvalue weighted by Crippen LogP contribution is 2.27. The molecule has 1 unspecified atom stereocenters. The van der Waals surface area contributed by atoms with Gasteiger partial charge in [0.2, 0.25) is 5.91 Å². The van der Waals surface area contributed by atoms with Crippen LogP contribution < -0.4 is 15.8 Å². The van der Waals surface area contributed by atoms with Gasteiger partial charge >= 0.3 is 0 Å². The Morgan fingerprint density at radius 3 is 2.85 bits per heavy atom. The molecule has 1 aromatic heterocycles. The second kappa shape index (κ2) is 5.64. The molecule has 0 aliphatic carbocycles. The maximum Gasteiger partial charge on any atom is 0.249 e. The Morgan fingerprint density at radius 2 is 2.25 bits per heavy atom. The number of anilines is 2. The van der Waals surface area contributed by atoms with Gasteiger partial charge in [0, 0.05) is 11.9 Å². The van der Waals surface area contributed by atoms with Gasteiger partial charge in [-0.3, -0.25) is 9.48 Å². The Morgan fingerprint density at radius 1 is 1.50 bits per heavy atom. The molecule has 0 aliphatic heterocycles. The number of hydrogen-bond acceptors (Lipinski definition) is 4. The number of benzene rings is 1. The van der Waals surface area contributed by atoms with Gasteiger partial charge in [-0.1, -0.05) is 0 Å². The molecular weight excluding hydrogens is 256 g/mol. The molecule has 0 bridgehead atoms. The van der Waals surface area contributed by atoms with E-state index in [0.717, 1.165) is 5.56 Å². The van der Waals surface area contributed by atoms with Gasteiger partial charge in [-0.05, 0) is 37.6 Å². The number of amides is 1. The summed E-state index contributed by atoms with van der Waals surface area (Å²) in [5.74, 6) is 0.383. The van der Waals surface area contributed by atoms with Crippen LogP contribution in [0.2, 0.25) is 0 Å². The summed E-state index contributed by atoms with van der Waals surface area (Å²) in [4.78, 5) is 12.2. The van der Waals surface area contributed by atoms with Crippen LogP contribution in [0.4, 0.5) is 11.4 Å². The van der Waals surface area contributed by atoms with E-state index >= 15 is 0 Å². The Hall–Kier alpha value is -2.50. The highest BCUT2D eigenvalue weighted by Gasteiger charge is 2.17. The lowest BCUT2D eigenvalue weighted by Gasteiger charge is -2.15. The molecule has 1 amide bonds. The van der Waals surface area contributed by atoms with Crippen molar-refractivity contribution in [1.82, 2.24) is 9.78 Å². The maximum atomic E-state index is 12.2. The number of carbonyl (C=O) groups excluding carboxylic acids is 1. The number of nitrogen functional groups attached to an aromatic ring is 1. The van der Waals surface area contributed by atoms with E-state index in [9.17, 15) is 4.79 Å². The SMILES string of the molecule is COc1ccc(N)cc1NC(=O)C(C)n1cc(C)cn1. The second-order valence-electron chi connectivity index (χ2n) is 4.62. The minimum absolute atomic E-state index is 0.183. The van der Waals surface area contributed by atoms with E-state index in [1.54, 1.807) is 43.1 Å². The second-order valence-corrected chi connectivity index (χ2v) is 4.62. The van der Waals surface area contributed by atoms with Crippen LogP contribution in [0, 0.1) is 6.92 Å². The molecular formula is C14H18N4O2. The van der Waals surface area contributed by atoms with Crippen molar-refractivity contribution in [3.05, 3.63) is 36.2 Å². The number of nitrogens with two attached hydrogens (primary N) is 1. The largest absolute Gasteiger partial charge is 0.495 e. The molecule has 1 heterocycles. The lowest BCUT2D eigenvalue weighted by molar-refractivity contribution is -0.119. The molecule has 2 aromatic rings. The fraction of sp³-hybridized carbons (Fsp3) is 0.286. The van der Waals surface area contributed by atoms with Gasteiger partial charge in [0.15, 0.2) is 0 Å². The number of nitrogens with one attached hydrogen (secondary N) is 1. The van der Waals surface area contributed by atoms with E-state index < -0.39 is 6.04 Å². The molecule has 0 saturated carbocycles. The highest BCUT2D eigenvalue weighted by molar-refractivity contribution is 5.95. The van der Waals surface area contributed by atoms with Crippen LogP contribution >= 0.6 is 0 Å². The molecule has 3 N–H and O–H groups in total. The number of aryl methyl sites for hydroxylation is 1. The number of ether oxygens (including phenoxy) is 1. The molecule has 106 valence electrons. The van der Waals surface area contributed by atoms with Gasteiger partial charge in [-0.15, -0.1) is 0 Å². The van der Waals surface area contributed by atoms with Gasteiger partial charge in [0.1, 0.15) is 11.8 Å². The van der Waals surface area contributed by atoms with Crippen molar-refractivity contribution in [2.45, 2.75) is 19.9 Å². The summed E-state index contributed by atoms with van der Waals surface area (Å²) in [6.45, 7) is 3.70. The molecule has 1 aromatic carbocycles. The standard InChI is InChI=1S/C14H18N4O2/c1-9-7-16-18(8-9)10(2)14(19)17-12-6-11(15)4-5-13(12)20-3/h4-8,10H,15H2,1-3H3,(H,17,19). The summed E-state index contributed by atoms with van der Waals surface area (Å²) >= 11 is 0. The quantitative estimate of drug-likeness (QED) is 0.835. The maximum absolute atomic E-state index is 12.2. The van der Waals surface area contributed by atoms with E-state index in [4.69, 9.17) is 10.5 Å². The summed E-state index contributed by atoms with van der Waals surface area (Å²) in [6.07, 6.45) is 3.53. The third-order valence-electron chi connectivity index (χ3n) is 2.99. The summed E-state index contributed by atoms with van der Waals surface area (Å²) in [7, 11) is 1.54. The van der Waals surface area contributed by atoms with Gasteiger partial charge in [-0.2, -0.15) is 5.10 Å². The molecule has 0 saturated heterocycles. The number of nitrogens with zero attached hydrogens (tertiary/aromatic N) is 2. The lowest BCUT2D eigenvalue weighted by Crippen LogP contribution is -2.24. The first kappa shape index (κ1) is 13.9. The van der Waals surface area contributed by atoms with Crippen molar-refractivity contribution < 1.29 is 9.53 Å². The molecule has 6 nitrogen and oxygen atoms in total. The minimum Gasteiger partial charge on any atom is -0.495 e. The molecule has 0 spiro atoms. The van der Waals surface area contributed by atoms with Crippen molar-refractivity contribution >= 4 is 17.3 Å². The van der Waals surface area contributed by atoms with Crippen LogP contribution in [0.5, 0.6) is 5.75 Å². The molecule has 0 fully saturated rings. The van der Waals surface area contributed by atoms with Gasteiger partial charge < -0.3 is 15.8 Å². The zero-order valence-electron chi connectivity index (χ0n) is 11.8. The van der Waals surface area contributed by atoms with Crippen LogP contribution in [-0.4, -0.2) is 22.8 Å². The van der Waals surface area contributed by atoms with Crippen LogP contribution in [-0.2, 0) is 4.79 Å². The Balaban J connectivity index is 2.17. The number of aromatic nitrogens is 2. The smallest absolute Gasteiger partial charge is 0.249 e. The van der Waals surface area contributed by atoms with Gasteiger partial charge in [0.25, 0.3) is 0 Å². The molecule has 6 heteroatoms. The summed E-state index contributed by atoms with van der Waals surface area (Å²) in [5, 5.41) is 6.94. The molecule has 20 heavy (non-hydrogen) atoms. The average Bonchev–Trinajstić information content (AvgIpc) is 2.84. The highest BCUT2D eigenvalue weighted by atomic mass is 16.5. The van der Waals surface area contributed by atoms with Crippen LogP contribution in [0.1, 0.15) is 18.5 Å². The van der Waals surface area contributed by atoms with E-state index in [2.05, 4.69) is 10.4 Å². The van der Waals surface area contributed by atoms with Crippen LogP contribution in [0.15, 0.2) is 30.6 Å². The third kappa shape index (κ3) is 2.90. The normalized spacial score (nSPS) is 11.9. The van der Waals surface area contributed by atoms with E-state index in [-0.39, 0.29) is 5.91 Å². The van der Waals surface area contributed by atoms with Crippen molar-refractivity contribution in [3.8, 4) is 5.75 Å². The number of methoxy groups -OCH3 is 1. The Bertz CT molecular complexity index is 621. The fourth-order valence-corrected chi connectivity index (χ4v) is 1.83. The number of carbonyl (C=O) groups is 1. The number of rotatable bonds is 4. The van der Waals surface area contributed by atoms with Gasteiger partial charge in [0.05, 0.1) is 19.0 Å². The average molecular weight is 274 g/mol. The molecule has 2 rings (SSSR count). The first-order chi connectivity index (χ1) is 9.51. The van der Waals surface area contributed by atoms with Crippen LogP contribution in [0.3, 0.4) is 0 Å². The summed E-state index contributed by atoms with van der Waals surface area (Å²) in [6, 6.07) is 4.68. The molecule has 1 atom stereocenters. The first-order valence-corrected chi connectivity index (χ1v) is 6.26. The number of hydrogen-bond donors (Lipinski definition) is 2. The predicted molar refractivity (Wildman–Crippen MR) is 77.7 cm³/mol. The summed E-state index contributed by atoms with van der Waals surface area (Å²) in [5.41, 5.74) is 7.84. The lowest BCUT2D eigenvalue weighted by atomic mass is 10.2. The monoisotopic (exact) mass is 274 g/mol. The van der Waals surface area contributed by atoms with Crippen molar-refractivity contribution in [2.24, 2.45) is 0 Å².